The molecule has 19 heavy (non-hydrogen) atoms. The Kier molecular flexibility index (Phi) is 5.34. The van der Waals surface area contributed by atoms with Crippen molar-refractivity contribution in [2.45, 2.75) is 32.7 Å². The average molecular weight is 264 g/mol. The van der Waals surface area contributed by atoms with Gasteiger partial charge in [0.15, 0.2) is 0 Å². The smallest absolute Gasteiger partial charge is 0.123 e. The molecule has 1 atom stereocenters. The van der Waals surface area contributed by atoms with Gasteiger partial charge < -0.3 is 10.2 Å². The van der Waals surface area contributed by atoms with Crippen LogP contribution < -0.4 is 5.32 Å². The fourth-order valence-corrected chi connectivity index (χ4v) is 2.66. The highest BCUT2D eigenvalue weighted by Gasteiger charge is 2.21. The predicted octanol–water partition coefficient (Wildman–Crippen LogP) is 2.69. The largest absolute Gasteiger partial charge is 0.314 e. The Labute approximate surface area is 116 Å². The average Bonchev–Trinajstić information content (AvgIpc) is 2.82. The molecule has 1 aromatic rings. The zero-order valence-electron chi connectivity index (χ0n) is 12.0. The normalized spacial score (nSPS) is 20.3. The van der Waals surface area contributed by atoms with Crippen LogP contribution in [-0.4, -0.2) is 37.1 Å². The van der Waals surface area contributed by atoms with E-state index in [-0.39, 0.29) is 5.82 Å². The van der Waals surface area contributed by atoms with Crippen LogP contribution in [0.2, 0.25) is 0 Å². The summed E-state index contributed by atoms with van der Waals surface area (Å²) in [5.74, 6) is 0.646. The summed E-state index contributed by atoms with van der Waals surface area (Å²) in [6.45, 7) is 8.90. The van der Waals surface area contributed by atoms with Gasteiger partial charge in [-0.3, -0.25) is 0 Å². The molecule has 0 bridgehead atoms. The second kappa shape index (κ2) is 7.01. The fraction of sp³-hybridized carbons (Fsp3) is 0.625. The Hall–Kier alpha value is -0.930. The summed E-state index contributed by atoms with van der Waals surface area (Å²) in [6, 6.07) is 7.53. The first kappa shape index (κ1) is 14.5. The van der Waals surface area contributed by atoms with Crippen molar-refractivity contribution in [3.63, 3.8) is 0 Å². The van der Waals surface area contributed by atoms with Crippen molar-refractivity contribution >= 4 is 0 Å². The summed E-state index contributed by atoms with van der Waals surface area (Å²) < 4.78 is 13.1. The lowest BCUT2D eigenvalue weighted by Gasteiger charge is -2.17. The minimum Gasteiger partial charge on any atom is -0.314 e. The molecule has 0 radical (unpaired) electrons. The van der Waals surface area contributed by atoms with Gasteiger partial charge in [0.1, 0.15) is 5.82 Å². The SMILES string of the molecule is CC(C)NCC1CCN(CCc2cccc(F)c2)C1. The van der Waals surface area contributed by atoms with E-state index >= 15 is 0 Å². The van der Waals surface area contributed by atoms with Crippen molar-refractivity contribution < 1.29 is 4.39 Å². The van der Waals surface area contributed by atoms with Gasteiger partial charge in [-0.1, -0.05) is 26.0 Å². The molecular formula is C16H25FN2. The van der Waals surface area contributed by atoms with E-state index in [1.165, 1.54) is 25.6 Å². The molecule has 2 nitrogen and oxygen atoms in total. The van der Waals surface area contributed by atoms with Crippen LogP contribution in [0.25, 0.3) is 0 Å². The van der Waals surface area contributed by atoms with Gasteiger partial charge in [0, 0.05) is 19.1 Å². The molecule has 2 rings (SSSR count). The van der Waals surface area contributed by atoms with Crippen molar-refractivity contribution in [1.82, 2.24) is 10.2 Å². The molecule has 1 N–H and O–H groups in total. The molecule has 0 aliphatic carbocycles. The molecule has 1 aliphatic heterocycles. The predicted molar refractivity (Wildman–Crippen MR) is 77.8 cm³/mol. The number of benzene rings is 1. The second-order valence-electron chi connectivity index (χ2n) is 5.90. The number of rotatable bonds is 6. The highest BCUT2D eigenvalue weighted by Crippen LogP contribution is 2.16. The van der Waals surface area contributed by atoms with E-state index in [4.69, 9.17) is 0 Å². The highest BCUT2D eigenvalue weighted by atomic mass is 19.1. The van der Waals surface area contributed by atoms with Crippen LogP contribution in [0.1, 0.15) is 25.8 Å². The van der Waals surface area contributed by atoms with Gasteiger partial charge in [0.25, 0.3) is 0 Å². The number of hydrogen-bond donors (Lipinski definition) is 1. The topological polar surface area (TPSA) is 15.3 Å². The van der Waals surface area contributed by atoms with Gasteiger partial charge in [-0.25, -0.2) is 4.39 Å². The zero-order chi connectivity index (χ0) is 13.7. The third kappa shape index (κ3) is 4.92. The van der Waals surface area contributed by atoms with Gasteiger partial charge in [-0.05, 0) is 49.5 Å². The first-order chi connectivity index (χ1) is 9.13. The summed E-state index contributed by atoms with van der Waals surface area (Å²) in [5, 5.41) is 3.51. The standard InChI is InChI=1S/C16H25FN2/c1-13(2)18-11-15-7-9-19(12-15)8-6-14-4-3-5-16(17)10-14/h3-5,10,13,15,18H,6-9,11-12H2,1-2H3. The zero-order valence-corrected chi connectivity index (χ0v) is 12.0. The molecule has 1 aromatic carbocycles. The van der Waals surface area contributed by atoms with Crippen molar-refractivity contribution in [3.05, 3.63) is 35.6 Å². The van der Waals surface area contributed by atoms with Gasteiger partial charge in [0.05, 0.1) is 0 Å². The van der Waals surface area contributed by atoms with Crippen LogP contribution in [0.5, 0.6) is 0 Å². The summed E-state index contributed by atoms with van der Waals surface area (Å²) in [7, 11) is 0. The van der Waals surface area contributed by atoms with Crippen LogP contribution in [-0.2, 0) is 6.42 Å². The lowest BCUT2D eigenvalue weighted by Crippen LogP contribution is -2.31. The first-order valence-electron chi connectivity index (χ1n) is 7.33. The highest BCUT2D eigenvalue weighted by molar-refractivity contribution is 5.16. The minimum absolute atomic E-state index is 0.127. The van der Waals surface area contributed by atoms with Crippen molar-refractivity contribution in [1.29, 1.82) is 0 Å². The van der Waals surface area contributed by atoms with Crippen molar-refractivity contribution in [2.75, 3.05) is 26.2 Å². The van der Waals surface area contributed by atoms with Crippen LogP contribution in [0.15, 0.2) is 24.3 Å². The van der Waals surface area contributed by atoms with E-state index in [0.29, 0.717) is 6.04 Å². The van der Waals surface area contributed by atoms with Crippen molar-refractivity contribution in [3.8, 4) is 0 Å². The van der Waals surface area contributed by atoms with E-state index in [1.807, 2.05) is 6.07 Å². The third-order valence-corrected chi connectivity index (χ3v) is 3.79. The molecule has 0 amide bonds. The molecule has 1 fully saturated rings. The molecule has 0 aromatic heterocycles. The van der Waals surface area contributed by atoms with Crippen LogP contribution in [0, 0.1) is 11.7 Å². The van der Waals surface area contributed by atoms with E-state index in [2.05, 4.69) is 24.1 Å². The Bertz CT molecular complexity index is 392. The summed E-state index contributed by atoms with van der Waals surface area (Å²) in [6.07, 6.45) is 2.23. The molecule has 1 unspecified atom stereocenters. The number of halogens is 1. The summed E-state index contributed by atoms with van der Waals surface area (Å²) >= 11 is 0. The first-order valence-corrected chi connectivity index (χ1v) is 7.33. The third-order valence-electron chi connectivity index (χ3n) is 3.79. The van der Waals surface area contributed by atoms with Gasteiger partial charge in [0.2, 0.25) is 0 Å². The lowest BCUT2D eigenvalue weighted by atomic mass is 10.1. The second-order valence-corrected chi connectivity index (χ2v) is 5.90. The maximum atomic E-state index is 13.1. The van der Waals surface area contributed by atoms with E-state index < -0.39 is 0 Å². The lowest BCUT2D eigenvalue weighted by molar-refractivity contribution is 0.324. The number of hydrogen-bond acceptors (Lipinski definition) is 2. The minimum atomic E-state index is -0.127. The number of nitrogens with zero attached hydrogens (tertiary/aromatic N) is 1. The van der Waals surface area contributed by atoms with Gasteiger partial charge >= 0.3 is 0 Å². The summed E-state index contributed by atoms with van der Waals surface area (Å²) in [5.41, 5.74) is 1.10. The molecule has 0 saturated carbocycles. The molecule has 106 valence electrons. The Balaban J connectivity index is 1.70. The van der Waals surface area contributed by atoms with Gasteiger partial charge in [-0.15, -0.1) is 0 Å². The van der Waals surface area contributed by atoms with Crippen LogP contribution in [0.4, 0.5) is 4.39 Å². The number of nitrogens with one attached hydrogen (secondary N) is 1. The Morgan fingerprint density at radius 1 is 1.42 bits per heavy atom. The monoisotopic (exact) mass is 264 g/mol. The molecular weight excluding hydrogens is 239 g/mol. The molecule has 1 saturated heterocycles. The fourth-order valence-electron chi connectivity index (χ4n) is 2.66. The van der Waals surface area contributed by atoms with E-state index in [0.717, 1.165) is 31.0 Å². The van der Waals surface area contributed by atoms with Crippen LogP contribution >= 0.6 is 0 Å². The summed E-state index contributed by atoms with van der Waals surface area (Å²) in [4.78, 5) is 2.50. The van der Waals surface area contributed by atoms with Crippen LogP contribution in [0.3, 0.4) is 0 Å². The van der Waals surface area contributed by atoms with Crippen molar-refractivity contribution in [2.24, 2.45) is 5.92 Å². The van der Waals surface area contributed by atoms with Gasteiger partial charge in [-0.2, -0.15) is 0 Å². The molecule has 0 spiro atoms. The Morgan fingerprint density at radius 2 is 2.26 bits per heavy atom. The Morgan fingerprint density at radius 3 is 3.00 bits per heavy atom. The van der Waals surface area contributed by atoms with E-state index in [9.17, 15) is 4.39 Å². The number of likely N-dealkylation sites (tertiary alicyclic amines) is 1. The van der Waals surface area contributed by atoms with E-state index in [1.54, 1.807) is 12.1 Å². The molecule has 3 heteroatoms. The maximum Gasteiger partial charge on any atom is 0.123 e. The quantitative estimate of drug-likeness (QED) is 0.850. The maximum absolute atomic E-state index is 13.1. The molecule has 1 heterocycles. The molecule has 1 aliphatic rings.